The summed E-state index contributed by atoms with van der Waals surface area (Å²) in [6, 6.07) is 2.10. The highest BCUT2D eigenvalue weighted by molar-refractivity contribution is 7.26. The number of nitrogens with zero attached hydrogens (tertiary/aromatic N) is 3. The van der Waals surface area contributed by atoms with Crippen LogP contribution in [-0.2, 0) is 0 Å². The Hall–Kier alpha value is -1.79. The Morgan fingerprint density at radius 3 is 2.86 bits per heavy atom. The van der Waals surface area contributed by atoms with Gasteiger partial charge in [-0.25, -0.2) is 15.0 Å². The predicted octanol–water partition coefficient (Wildman–Crippen LogP) is 3.43. The lowest BCUT2D eigenvalue weighted by Crippen LogP contribution is -2.03. The van der Waals surface area contributed by atoms with E-state index in [1.807, 2.05) is 6.92 Å². The molecular formula is C16H20N4OS. The zero-order valence-electron chi connectivity index (χ0n) is 12.9. The summed E-state index contributed by atoms with van der Waals surface area (Å²) < 4.78 is 1.07. The number of pyridine rings is 1. The van der Waals surface area contributed by atoms with Crippen LogP contribution in [0.5, 0.6) is 0 Å². The number of aliphatic hydroxyl groups excluding tert-OH is 1. The number of thiophene rings is 1. The summed E-state index contributed by atoms with van der Waals surface area (Å²) in [6.07, 6.45) is 4.51. The molecule has 0 radical (unpaired) electrons. The zero-order valence-corrected chi connectivity index (χ0v) is 13.7. The van der Waals surface area contributed by atoms with Crippen molar-refractivity contribution in [1.29, 1.82) is 0 Å². The lowest BCUT2D eigenvalue weighted by Gasteiger charge is -2.05. The van der Waals surface area contributed by atoms with E-state index in [0.717, 1.165) is 57.8 Å². The molecule has 0 amide bonds. The first-order valence-electron chi connectivity index (χ1n) is 7.57. The third kappa shape index (κ3) is 2.89. The Labute approximate surface area is 133 Å². The van der Waals surface area contributed by atoms with Gasteiger partial charge in [0.1, 0.15) is 17.0 Å². The Bertz CT molecular complexity index is 800. The molecular weight excluding hydrogens is 296 g/mol. The normalized spacial score (nSPS) is 11.4. The van der Waals surface area contributed by atoms with Crippen LogP contribution in [0.15, 0.2) is 12.4 Å². The van der Waals surface area contributed by atoms with Crippen molar-refractivity contribution in [2.45, 2.75) is 33.1 Å². The number of aliphatic hydroxyl groups is 1. The van der Waals surface area contributed by atoms with E-state index in [4.69, 9.17) is 5.11 Å². The van der Waals surface area contributed by atoms with Gasteiger partial charge in [0.25, 0.3) is 0 Å². The molecule has 0 aromatic carbocycles. The summed E-state index contributed by atoms with van der Waals surface area (Å²) >= 11 is 1.65. The SMILES string of the molecule is Cc1cc(C)c2c(n1)sc1c(NCCCCCO)ncnc12. The number of hydrogen-bond acceptors (Lipinski definition) is 6. The molecule has 5 nitrogen and oxygen atoms in total. The van der Waals surface area contributed by atoms with Crippen LogP contribution in [0, 0.1) is 13.8 Å². The Kier molecular flexibility index (Phi) is 4.49. The standard InChI is InChI=1S/C16H20N4OS/c1-10-8-11(2)20-16-12(10)13-14(22-16)15(19-9-18-13)17-6-4-3-5-7-21/h8-9,21H,3-7H2,1-2H3,(H,17,18,19). The molecule has 3 aromatic rings. The highest BCUT2D eigenvalue weighted by Crippen LogP contribution is 2.36. The maximum atomic E-state index is 8.81. The topological polar surface area (TPSA) is 70.9 Å². The molecule has 3 rings (SSSR count). The number of nitrogens with one attached hydrogen (secondary N) is 1. The predicted molar refractivity (Wildman–Crippen MR) is 91.6 cm³/mol. The van der Waals surface area contributed by atoms with Crippen LogP contribution in [0.3, 0.4) is 0 Å². The molecule has 0 spiro atoms. The van der Waals surface area contributed by atoms with Crippen molar-refractivity contribution in [3.63, 3.8) is 0 Å². The van der Waals surface area contributed by atoms with Crippen LogP contribution in [0.25, 0.3) is 20.4 Å². The first kappa shape index (κ1) is 15.1. The van der Waals surface area contributed by atoms with E-state index < -0.39 is 0 Å². The molecule has 2 N–H and O–H groups in total. The van der Waals surface area contributed by atoms with Crippen molar-refractivity contribution in [3.8, 4) is 0 Å². The lowest BCUT2D eigenvalue weighted by atomic mass is 10.1. The molecule has 0 unspecified atom stereocenters. The van der Waals surface area contributed by atoms with Crippen molar-refractivity contribution < 1.29 is 5.11 Å². The molecule has 0 aliphatic rings. The van der Waals surface area contributed by atoms with E-state index in [0.29, 0.717) is 0 Å². The van der Waals surface area contributed by atoms with E-state index >= 15 is 0 Å². The highest BCUT2D eigenvalue weighted by Gasteiger charge is 2.14. The quantitative estimate of drug-likeness (QED) is 0.682. The second kappa shape index (κ2) is 6.54. The zero-order chi connectivity index (χ0) is 15.5. The maximum absolute atomic E-state index is 8.81. The average molecular weight is 316 g/mol. The molecule has 0 aliphatic heterocycles. The van der Waals surface area contributed by atoms with Gasteiger partial charge in [0, 0.05) is 24.2 Å². The minimum Gasteiger partial charge on any atom is -0.396 e. The maximum Gasteiger partial charge on any atom is 0.147 e. The van der Waals surface area contributed by atoms with E-state index in [1.54, 1.807) is 17.7 Å². The summed E-state index contributed by atoms with van der Waals surface area (Å²) in [6.45, 7) is 5.24. The molecule has 0 atom stereocenters. The minimum atomic E-state index is 0.262. The van der Waals surface area contributed by atoms with E-state index in [1.165, 1.54) is 5.56 Å². The molecule has 3 aromatic heterocycles. The van der Waals surface area contributed by atoms with Crippen LogP contribution in [0.4, 0.5) is 5.82 Å². The van der Waals surface area contributed by atoms with Crippen molar-refractivity contribution >= 4 is 37.6 Å². The summed E-state index contributed by atoms with van der Waals surface area (Å²) in [5, 5.41) is 13.3. The number of unbranched alkanes of at least 4 members (excludes halogenated alkanes) is 2. The van der Waals surface area contributed by atoms with Gasteiger partial charge in [-0.2, -0.15) is 0 Å². The van der Waals surface area contributed by atoms with Gasteiger partial charge in [0.05, 0.1) is 10.2 Å². The Morgan fingerprint density at radius 1 is 1.18 bits per heavy atom. The van der Waals surface area contributed by atoms with E-state index in [-0.39, 0.29) is 6.61 Å². The fourth-order valence-corrected chi connectivity index (χ4v) is 3.87. The van der Waals surface area contributed by atoms with Gasteiger partial charge in [-0.05, 0) is 44.7 Å². The Balaban J connectivity index is 1.93. The van der Waals surface area contributed by atoms with E-state index in [2.05, 4.69) is 33.3 Å². The molecule has 0 bridgehead atoms. The summed E-state index contributed by atoms with van der Waals surface area (Å²) in [7, 11) is 0. The molecule has 116 valence electrons. The van der Waals surface area contributed by atoms with Crippen LogP contribution in [-0.4, -0.2) is 33.2 Å². The number of hydrogen-bond donors (Lipinski definition) is 2. The van der Waals surface area contributed by atoms with Gasteiger partial charge in [-0.1, -0.05) is 0 Å². The summed E-state index contributed by atoms with van der Waals surface area (Å²) in [5.41, 5.74) is 3.22. The molecule has 6 heteroatoms. The molecule has 0 aliphatic carbocycles. The average Bonchev–Trinajstić information content (AvgIpc) is 2.86. The molecule has 0 saturated heterocycles. The summed E-state index contributed by atoms with van der Waals surface area (Å²) in [4.78, 5) is 14.5. The van der Waals surface area contributed by atoms with Crippen molar-refractivity contribution in [2.24, 2.45) is 0 Å². The third-order valence-corrected chi connectivity index (χ3v) is 4.76. The fraction of sp³-hybridized carbons (Fsp3) is 0.438. The first-order valence-corrected chi connectivity index (χ1v) is 8.38. The van der Waals surface area contributed by atoms with Crippen molar-refractivity contribution in [2.75, 3.05) is 18.5 Å². The first-order chi connectivity index (χ1) is 10.7. The van der Waals surface area contributed by atoms with Crippen LogP contribution < -0.4 is 5.32 Å². The van der Waals surface area contributed by atoms with Gasteiger partial charge >= 0.3 is 0 Å². The number of aromatic nitrogens is 3. The molecule has 3 heterocycles. The van der Waals surface area contributed by atoms with Gasteiger partial charge in [-0.15, -0.1) is 11.3 Å². The second-order valence-electron chi connectivity index (χ2n) is 5.47. The number of aryl methyl sites for hydroxylation is 2. The van der Waals surface area contributed by atoms with Gasteiger partial charge in [0.15, 0.2) is 0 Å². The van der Waals surface area contributed by atoms with Gasteiger partial charge in [0.2, 0.25) is 0 Å². The van der Waals surface area contributed by atoms with Gasteiger partial charge in [-0.3, -0.25) is 0 Å². The fourth-order valence-electron chi connectivity index (χ4n) is 2.66. The van der Waals surface area contributed by atoms with Crippen LogP contribution >= 0.6 is 11.3 Å². The second-order valence-corrected chi connectivity index (χ2v) is 6.47. The monoisotopic (exact) mass is 316 g/mol. The largest absolute Gasteiger partial charge is 0.396 e. The van der Waals surface area contributed by atoms with E-state index in [9.17, 15) is 0 Å². The van der Waals surface area contributed by atoms with Gasteiger partial charge < -0.3 is 10.4 Å². The molecule has 0 fully saturated rings. The third-order valence-electron chi connectivity index (χ3n) is 3.68. The molecule has 22 heavy (non-hydrogen) atoms. The van der Waals surface area contributed by atoms with Crippen LogP contribution in [0.1, 0.15) is 30.5 Å². The number of anilines is 1. The van der Waals surface area contributed by atoms with Crippen molar-refractivity contribution in [1.82, 2.24) is 15.0 Å². The smallest absolute Gasteiger partial charge is 0.147 e. The summed E-state index contributed by atoms with van der Waals surface area (Å²) in [5.74, 6) is 0.883. The Morgan fingerprint density at radius 2 is 2.05 bits per heavy atom. The minimum absolute atomic E-state index is 0.262. The van der Waals surface area contributed by atoms with Crippen LogP contribution in [0.2, 0.25) is 0 Å². The highest BCUT2D eigenvalue weighted by atomic mass is 32.1. The number of rotatable bonds is 6. The lowest BCUT2D eigenvalue weighted by molar-refractivity contribution is 0.283. The van der Waals surface area contributed by atoms with Crippen molar-refractivity contribution in [3.05, 3.63) is 23.7 Å². The number of fused-ring (bicyclic) bond motifs is 3. The molecule has 0 saturated carbocycles.